The first kappa shape index (κ1) is 15.0. The van der Waals surface area contributed by atoms with Crippen LogP contribution in [0.4, 0.5) is 0 Å². The lowest BCUT2D eigenvalue weighted by atomic mass is 9.71. The minimum Gasteiger partial charge on any atom is -0.481 e. The SMILES string of the molecule is CN(Cc1cccs1)C(=O)CC1(C(=O)O)CCCCC1. The number of amides is 1. The number of thiophene rings is 1. The first-order chi connectivity index (χ1) is 9.53. The number of hydrogen-bond donors (Lipinski definition) is 1. The van der Waals surface area contributed by atoms with E-state index in [-0.39, 0.29) is 12.3 Å². The number of rotatable bonds is 5. The van der Waals surface area contributed by atoms with Crippen molar-refractivity contribution in [2.45, 2.75) is 45.1 Å². The fourth-order valence-corrected chi connectivity index (χ4v) is 3.60. The maximum atomic E-state index is 12.3. The van der Waals surface area contributed by atoms with Crippen molar-refractivity contribution in [2.24, 2.45) is 5.41 Å². The molecule has 0 saturated heterocycles. The average molecular weight is 295 g/mol. The summed E-state index contributed by atoms with van der Waals surface area (Å²) in [5, 5.41) is 11.5. The van der Waals surface area contributed by atoms with Gasteiger partial charge in [-0.05, 0) is 24.3 Å². The minimum absolute atomic E-state index is 0.0669. The van der Waals surface area contributed by atoms with Gasteiger partial charge in [-0.2, -0.15) is 0 Å². The Morgan fingerprint density at radius 3 is 2.60 bits per heavy atom. The highest BCUT2D eigenvalue weighted by atomic mass is 32.1. The number of carboxylic acid groups (broad SMARTS) is 1. The van der Waals surface area contributed by atoms with Crippen molar-refractivity contribution in [1.82, 2.24) is 4.90 Å². The monoisotopic (exact) mass is 295 g/mol. The Labute approximate surface area is 123 Å². The molecule has 0 bridgehead atoms. The van der Waals surface area contributed by atoms with Crippen LogP contribution in [-0.2, 0) is 16.1 Å². The van der Waals surface area contributed by atoms with E-state index in [1.54, 1.807) is 23.3 Å². The van der Waals surface area contributed by atoms with Gasteiger partial charge in [-0.3, -0.25) is 9.59 Å². The molecule has 5 heteroatoms. The Balaban J connectivity index is 1.99. The molecule has 0 unspecified atom stereocenters. The summed E-state index contributed by atoms with van der Waals surface area (Å²) >= 11 is 1.61. The molecule has 1 aliphatic carbocycles. The lowest BCUT2D eigenvalue weighted by Gasteiger charge is -2.33. The van der Waals surface area contributed by atoms with E-state index < -0.39 is 11.4 Å². The van der Waals surface area contributed by atoms with Gasteiger partial charge in [0.2, 0.25) is 5.91 Å². The quantitative estimate of drug-likeness (QED) is 0.908. The van der Waals surface area contributed by atoms with Crippen LogP contribution in [0.25, 0.3) is 0 Å². The van der Waals surface area contributed by atoms with Gasteiger partial charge in [0, 0.05) is 18.3 Å². The fourth-order valence-electron chi connectivity index (χ4n) is 2.84. The number of aliphatic carboxylic acids is 1. The first-order valence-electron chi connectivity index (χ1n) is 7.03. The zero-order valence-electron chi connectivity index (χ0n) is 11.8. The van der Waals surface area contributed by atoms with E-state index in [0.29, 0.717) is 19.4 Å². The molecule has 1 aromatic rings. The summed E-state index contributed by atoms with van der Waals surface area (Å²) in [5.74, 6) is -0.877. The van der Waals surface area contributed by atoms with Crippen LogP contribution in [0.2, 0.25) is 0 Å². The summed E-state index contributed by atoms with van der Waals surface area (Å²) in [6.45, 7) is 0.562. The Bertz CT molecular complexity index is 463. The second-order valence-electron chi connectivity index (χ2n) is 5.65. The maximum Gasteiger partial charge on any atom is 0.310 e. The van der Waals surface area contributed by atoms with E-state index in [2.05, 4.69) is 0 Å². The van der Waals surface area contributed by atoms with Gasteiger partial charge in [0.15, 0.2) is 0 Å². The third-order valence-corrected chi connectivity index (χ3v) is 5.01. The van der Waals surface area contributed by atoms with Gasteiger partial charge in [-0.1, -0.05) is 25.3 Å². The van der Waals surface area contributed by atoms with Crippen molar-refractivity contribution in [3.05, 3.63) is 22.4 Å². The average Bonchev–Trinajstić information content (AvgIpc) is 2.92. The van der Waals surface area contributed by atoms with Crippen LogP contribution in [0, 0.1) is 5.41 Å². The number of carbonyl (C=O) groups is 2. The molecule has 1 saturated carbocycles. The molecule has 0 aliphatic heterocycles. The van der Waals surface area contributed by atoms with Crippen LogP contribution in [-0.4, -0.2) is 28.9 Å². The standard InChI is InChI=1S/C15H21NO3S/c1-16(11-12-6-5-9-20-12)13(17)10-15(14(18)19)7-3-2-4-8-15/h5-6,9H,2-4,7-8,10-11H2,1H3,(H,18,19). The van der Waals surface area contributed by atoms with Crippen LogP contribution in [0.3, 0.4) is 0 Å². The highest BCUT2D eigenvalue weighted by Gasteiger charge is 2.41. The molecule has 1 fully saturated rings. The third kappa shape index (κ3) is 3.39. The van der Waals surface area contributed by atoms with Gasteiger partial charge >= 0.3 is 5.97 Å². The van der Waals surface area contributed by atoms with Crippen molar-refractivity contribution in [3.8, 4) is 0 Å². The summed E-state index contributed by atoms with van der Waals surface area (Å²) in [6.07, 6.45) is 4.28. The molecule has 20 heavy (non-hydrogen) atoms. The van der Waals surface area contributed by atoms with Gasteiger partial charge in [-0.25, -0.2) is 0 Å². The van der Waals surface area contributed by atoms with E-state index >= 15 is 0 Å². The molecule has 0 atom stereocenters. The van der Waals surface area contributed by atoms with Crippen LogP contribution >= 0.6 is 11.3 Å². The Morgan fingerprint density at radius 1 is 1.35 bits per heavy atom. The molecule has 0 aromatic carbocycles. The Kier molecular flexibility index (Phi) is 4.81. The molecule has 1 aliphatic rings. The van der Waals surface area contributed by atoms with Crippen LogP contribution in [0.15, 0.2) is 17.5 Å². The number of hydrogen-bond acceptors (Lipinski definition) is 3. The molecule has 1 aromatic heterocycles. The predicted octanol–water partition coefficient (Wildman–Crippen LogP) is 3.13. The second kappa shape index (κ2) is 6.39. The lowest BCUT2D eigenvalue weighted by molar-refractivity contribution is -0.155. The molecular weight excluding hydrogens is 274 g/mol. The van der Waals surface area contributed by atoms with Crippen molar-refractivity contribution < 1.29 is 14.7 Å². The summed E-state index contributed by atoms with van der Waals surface area (Å²) in [5.41, 5.74) is -0.834. The third-order valence-electron chi connectivity index (χ3n) is 4.15. The van der Waals surface area contributed by atoms with Crippen molar-refractivity contribution in [3.63, 3.8) is 0 Å². The van der Waals surface area contributed by atoms with Crippen molar-refractivity contribution >= 4 is 23.2 Å². The van der Waals surface area contributed by atoms with Crippen LogP contribution in [0.5, 0.6) is 0 Å². The van der Waals surface area contributed by atoms with E-state index in [1.807, 2.05) is 17.5 Å². The molecule has 0 spiro atoms. The largest absolute Gasteiger partial charge is 0.481 e. The van der Waals surface area contributed by atoms with Crippen LogP contribution in [0.1, 0.15) is 43.4 Å². The van der Waals surface area contributed by atoms with E-state index in [9.17, 15) is 14.7 Å². The first-order valence-corrected chi connectivity index (χ1v) is 7.91. The molecule has 0 radical (unpaired) electrons. The lowest BCUT2D eigenvalue weighted by Crippen LogP contribution is -2.39. The normalized spacial score (nSPS) is 17.6. The Morgan fingerprint density at radius 2 is 2.05 bits per heavy atom. The zero-order chi connectivity index (χ0) is 14.6. The zero-order valence-corrected chi connectivity index (χ0v) is 12.6. The number of carboxylic acids is 1. The topological polar surface area (TPSA) is 57.6 Å². The second-order valence-corrected chi connectivity index (χ2v) is 6.68. The molecule has 1 N–H and O–H groups in total. The van der Waals surface area contributed by atoms with E-state index in [4.69, 9.17) is 0 Å². The highest BCUT2D eigenvalue weighted by molar-refractivity contribution is 7.09. The molecule has 2 rings (SSSR count). The summed E-state index contributed by atoms with van der Waals surface area (Å²) < 4.78 is 0. The van der Waals surface area contributed by atoms with Gasteiger partial charge in [-0.15, -0.1) is 11.3 Å². The maximum absolute atomic E-state index is 12.3. The van der Waals surface area contributed by atoms with Crippen LogP contribution < -0.4 is 0 Å². The highest BCUT2D eigenvalue weighted by Crippen LogP contribution is 2.40. The van der Waals surface area contributed by atoms with Gasteiger partial charge in [0.1, 0.15) is 0 Å². The van der Waals surface area contributed by atoms with Gasteiger partial charge in [0.25, 0.3) is 0 Å². The van der Waals surface area contributed by atoms with E-state index in [1.165, 1.54) is 0 Å². The summed E-state index contributed by atoms with van der Waals surface area (Å²) in [6, 6.07) is 3.94. The van der Waals surface area contributed by atoms with Crippen molar-refractivity contribution in [2.75, 3.05) is 7.05 Å². The van der Waals surface area contributed by atoms with Gasteiger partial charge < -0.3 is 10.0 Å². The minimum atomic E-state index is -0.834. The smallest absolute Gasteiger partial charge is 0.310 e. The molecular formula is C15H21NO3S. The van der Waals surface area contributed by atoms with Crippen molar-refractivity contribution in [1.29, 1.82) is 0 Å². The predicted molar refractivity (Wildman–Crippen MR) is 78.6 cm³/mol. The van der Waals surface area contributed by atoms with E-state index in [0.717, 1.165) is 24.1 Å². The molecule has 1 amide bonds. The molecule has 1 heterocycles. The van der Waals surface area contributed by atoms with Gasteiger partial charge in [0.05, 0.1) is 12.0 Å². The molecule has 4 nitrogen and oxygen atoms in total. The molecule has 110 valence electrons. The fraction of sp³-hybridized carbons (Fsp3) is 0.600. The Hall–Kier alpha value is -1.36. The number of carbonyl (C=O) groups excluding carboxylic acids is 1. The number of nitrogens with zero attached hydrogens (tertiary/aromatic N) is 1. The summed E-state index contributed by atoms with van der Waals surface area (Å²) in [7, 11) is 1.75. The summed E-state index contributed by atoms with van der Waals surface area (Å²) in [4.78, 5) is 26.7.